The second kappa shape index (κ2) is 10.5. The molecular weight excluding hydrogens is 394 g/mol. The molecule has 3 rings (SSSR count). The van der Waals surface area contributed by atoms with Gasteiger partial charge in [0, 0.05) is 22.9 Å². The van der Waals surface area contributed by atoms with Crippen molar-refractivity contribution in [3.05, 3.63) is 102 Å². The van der Waals surface area contributed by atoms with Crippen molar-refractivity contribution < 1.29 is 23.9 Å². The number of anilines is 1. The fourth-order valence-corrected chi connectivity index (χ4v) is 2.71. The minimum Gasteiger partial charge on any atom is -0.497 e. The maximum absolute atomic E-state index is 12.3. The molecule has 6 heteroatoms. The Labute approximate surface area is 180 Å². The van der Waals surface area contributed by atoms with Crippen LogP contribution >= 0.6 is 0 Å². The van der Waals surface area contributed by atoms with Gasteiger partial charge >= 0.3 is 5.97 Å². The summed E-state index contributed by atoms with van der Waals surface area (Å²) in [7, 11) is 1.56. The molecule has 0 atom stereocenters. The molecule has 3 aromatic rings. The lowest BCUT2D eigenvalue weighted by atomic mass is 10.1. The highest BCUT2D eigenvalue weighted by molar-refractivity contribution is 6.04. The minimum absolute atomic E-state index is 0.239. The number of hydrogen-bond donors (Lipinski definition) is 1. The van der Waals surface area contributed by atoms with Gasteiger partial charge in [-0.3, -0.25) is 9.59 Å². The van der Waals surface area contributed by atoms with Crippen molar-refractivity contribution >= 4 is 29.4 Å². The van der Waals surface area contributed by atoms with Gasteiger partial charge in [-0.15, -0.1) is 0 Å². The van der Waals surface area contributed by atoms with Gasteiger partial charge in [0.05, 0.1) is 7.11 Å². The Balaban J connectivity index is 1.50. The zero-order valence-electron chi connectivity index (χ0n) is 16.9. The van der Waals surface area contributed by atoms with Crippen molar-refractivity contribution in [3.8, 4) is 5.75 Å². The summed E-state index contributed by atoms with van der Waals surface area (Å²) in [6, 6.07) is 22.4. The van der Waals surface area contributed by atoms with Crippen molar-refractivity contribution in [1.82, 2.24) is 0 Å². The van der Waals surface area contributed by atoms with Crippen LogP contribution in [0.25, 0.3) is 6.08 Å². The topological polar surface area (TPSA) is 81.7 Å². The fraction of sp³-hybridized carbons (Fsp3) is 0.0800. The first kappa shape index (κ1) is 21.5. The minimum atomic E-state index is -0.622. The van der Waals surface area contributed by atoms with Gasteiger partial charge < -0.3 is 14.8 Å². The van der Waals surface area contributed by atoms with Gasteiger partial charge in [-0.2, -0.15) is 0 Å². The van der Waals surface area contributed by atoms with Crippen LogP contribution in [0.1, 0.15) is 26.3 Å². The number of Topliss-reactive ketones (excluding diaryl/α,β-unsaturated/α-hetero) is 1. The van der Waals surface area contributed by atoms with Crippen LogP contribution in [0.4, 0.5) is 5.69 Å². The zero-order valence-corrected chi connectivity index (χ0v) is 16.9. The number of carbonyl (C=O) groups is 3. The number of hydrogen-bond acceptors (Lipinski definition) is 5. The largest absolute Gasteiger partial charge is 0.497 e. The Morgan fingerprint density at radius 2 is 1.61 bits per heavy atom. The molecule has 1 N–H and O–H groups in total. The summed E-state index contributed by atoms with van der Waals surface area (Å²) < 4.78 is 10.1. The molecule has 0 aliphatic rings. The van der Waals surface area contributed by atoms with Crippen molar-refractivity contribution in [3.63, 3.8) is 0 Å². The zero-order chi connectivity index (χ0) is 22.1. The quantitative estimate of drug-likeness (QED) is 0.335. The number of methoxy groups -OCH3 is 1. The van der Waals surface area contributed by atoms with Crippen LogP contribution in [-0.2, 0) is 9.53 Å². The van der Waals surface area contributed by atoms with Crippen molar-refractivity contribution in [2.45, 2.75) is 0 Å². The summed E-state index contributed by atoms with van der Waals surface area (Å²) in [5.74, 6) is -0.530. The van der Waals surface area contributed by atoms with E-state index >= 15 is 0 Å². The van der Waals surface area contributed by atoms with Crippen molar-refractivity contribution in [1.29, 1.82) is 0 Å². The first-order valence-electron chi connectivity index (χ1n) is 9.54. The number of esters is 1. The molecule has 31 heavy (non-hydrogen) atoms. The van der Waals surface area contributed by atoms with Gasteiger partial charge in [-0.05, 0) is 60.2 Å². The first-order chi connectivity index (χ1) is 15.0. The average Bonchev–Trinajstić information content (AvgIpc) is 2.82. The number of ether oxygens (including phenoxy) is 2. The van der Waals surface area contributed by atoms with E-state index in [0.717, 1.165) is 5.56 Å². The molecule has 0 unspecified atom stereocenters. The van der Waals surface area contributed by atoms with Crippen LogP contribution in [0, 0.1) is 0 Å². The molecular formula is C25H21NO5. The predicted octanol–water partition coefficient (Wildman–Crippen LogP) is 4.39. The molecule has 0 heterocycles. The van der Waals surface area contributed by atoms with E-state index in [-0.39, 0.29) is 18.3 Å². The second-order valence-electron chi connectivity index (χ2n) is 6.54. The van der Waals surface area contributed by atoms with Gasteiger partial charge in [-0.25, -0.2) is 4.79 Å². The van der Waals surface area contributed by atoms with E-state index < -0.39 is 5.97 Å². The fourth-order valence-electron chi connectivity index (χ4n) is 2.71. The third-order valence-corrected chi connectivity index (χ3v) is 4.35. The highest BCUT2D eigenvalue weighted by atomic mass is 16.5. The van der Waals surface area contributed by atoms with E-state index in [1.807, 2.05) is 12.1 Å². The SMILES string of the molecule is COc1cccc(/C=C/C(=O)OCC(=O)c2ccc(NC(=O)c3ccccc3)cc2)c1. The third-order valence-electron chi connectivity index (χ3n) is 4.35. The summed E-state index contributed by atoms with van der Waals surface area (Å²) in [5.41, 5.74) is 2.25. The van der Waals surface area contributed by atoms with Crippen LogP contribution in [0.2, 0.25) is 0 Å². The highest BCUT2D eigenvalue weighted by Gasteiger charge is 2.10. The van der Waals surface area contributed by atoms with Crippen molar-refractivity contribution in [2.24, 2.45) is 0 Å². The van der Waals surface area contributed by atoms with Crippen LogP contribution in [0.3, 0.4) is 0 Å². The maximum Gasteiger partial charge on any atom is 0.331 e. The van der Waals surface area contributed by atoms with E-state index in [0.29, 0.717) is 22.6 Å². The van der Waals surface area contributed by atoms with Crippen LogP contribution in [-0.4, -0.2) is 31.4 Å². The normalized spacial score (nSPS) is 10.5. The molecule has 3 aromatic carbocycles. The molecule has 0 saturated carbocycles. The summed E-state index contributed by atoms with van der Waals surface area (Å²) in [4.78, 5) is 36.3. The summed E-state index contributed by atoms with van der Waals surface area (Å²) in [6.45, 7) is -0.378. The number of rotatable bonds is 8. The second-order valence-corrected chi connectivity index (χ2v) is 6.54. The standard InChI is InChI=1S/C25H21NO5/c1-30-22-9-5-6-18(16-22)10-15-24(28)31-17-23(27)19-11-13-21(14-12-19)26-25(29)20-7-3-2-4-8-20/h2-16H,17H2,1H3,(H,26,29)/b15-10+. The summed E-state index contributed by atoms with van der Waals surface area (Å²) in [6.07, 6.45) is 2.84. The summed E-state index contributed by atoms with van der Waals surface area (Å²) in [5, 5.41) is 2.76. The number of amides is 1. The van der Waals surface area contributed by atoms with Gasteiger partial charge in [-0.1, -0.05) is 30.3 Å². The molecule has 0 bridgehead atoms. The van der Waals surface area contributed by atoms with E-state index in [2.05, 4.69) is 5.32 Å². The first-order valence-corrected chi connectivity index (χ1v) is 9.54. The van der Waals surface area contributed by atoms with Gasteiger partial charge in [0.15, 0.2) is 12.4 Å². The smallest absolute Gasteiger partial charge is 0.331 e. The molecule has 6 nitrogen and oxygen atoms in total. The number of carbonyl (C=O) groups excluding carboxylic acids is 3. The number of benzene rings is 3. The van der Waals surface area contributed by atoms with Gasteiger partial charge in [0.1, 0.15) is 5.75 Å². The highest BCUT2D eigenvalue weighted by Crippen LogP contribution is 2.14. The predicted molar refractivity (Wildman–Crippen MR) is 118 cm³/mol. The monoisotopic (exact) mass is 415 g/mol. The third kappa shape index (κ3) is 6.40. The summed E-state index contributed by atoms with van der Waals surface area (Å²) >= 11 is 0. The lowest BCUT2D eigenvalue weighted by Gasteiger charge is -2.06. The Hall–Kier alpha value is -4.19. The Bertz CT molecular complexity index is 1090. The van der Waals surface area contributed by atoms with Crippen LogP contribution in [0.15, 0.2) is 84.9 Å². The molecule has 1 amide bonds. The molecule has 0 radical (unpaired) electrons. The molecule has 0 aliphatic carbocycles. The number of ketones is 1. The number of nitrogens with one attached hydrogen (secondary N) is 1. The molecule has 0 aromatic heterocycles. The van der Waals surface area contributed by atoms with Gasteiger partial charge in [0.25, 0.3) is 5.91 Å². The Kier molecular flexibility index (Phi) is 7.32. The lowest BCUT2D eigenvalue weighted by molar-refractivity contribution is -0.136. The lowest BCUT2D eigenvalue weighted by Crippen LogP contribution is -2.13. The molecule has 0 aliphatic heterocycles. The van der Waals surface area contributed by atoms with E-state index in [1.54, 1.807) is 79.9 Å². The van der Waals surface area contributed by atoms with E-state index in [1.165, 1.54) is 6.08 Å². The van der Waals surface area contributed by atoms with E-state index in [4.69, 9.17) is 9.47 Å². The van der Waals surface area contributed by atoms with Gasteiger partial charge in [0.2, 0.25) is 0 Å². The molecule has 0 saturated heterocycles. The molecule has 0 spiro atoms. The maximum atomic E-state index is 12.3. The van der Waals surface area contributed by atoms with Crippen LogP contribution in [0.5, 0.6) is 5.75 Å². The Morgan fingerprint density at radius 1 is 0.871 bits per heavy atom. The molecule has 156 valence electrons. The van der Waals surface area contributed by atoms with Crippen molar-refractivity contribution in [2.75, 3.05) is 19.0 Å². The van der Waals surface area contributed by atoms with Crippen LogP contribution < -0.4 is 10.1 Å². The Morgan fingerprint density at radius 3 is 2.32 bits per heavy atom. The molecule has 0 fully saturated rings. The average molecular weight is 415 g/mol. The van der Waals surface area contributed by atoms with E-state index in [9.17, 15) is 14.4 Å².